The van der Waals surface area contributed by atoms with Gasteiger partial charge in [0.25, 0.3) is 0 Å². The minimum Gasteiger partial charge on any atom is -0.480 e. The van der Waals surface area contributed by atoms with Gasteiger partial charge in [-0.1, -0.05) is 0 Å². The van der Waals surface area contributed by atoms with Crippen LogP contribution in [-0.4, -0.2) is 27.8 Å². The van der Waals surface area contributed by atoms with E-state index in [0.717, 1.165) is 11.1 Å². The van der Waals surface area contributed by atoms with Crippen LogP contribution < -0.4 is 10.1 Å². The van der Waals surface area contributed by atoms with Crippen LogP contribution in [0.3, 0.4) is 0 Å². The van der Waals surface area contributed by atoms with Gasteiger partial charge in [-0.15, -0.1) is 0 Å². The maximum atomic E-state index is 11.9. The normalized spacial score (nSPS) is 10.3. The molecule has 0 saturated heterocycles. The lowest BCUT2D eigenvalue weighted by atomic mass is 10.3. The van der Waals surface area contributed by atoms with Gasteiger partial charge in [-0.3, -0.25) is 9.48 Å². The monoisotopic (exact) mass is 260 g/mol. The zero-order valence-electron chi connectivity index (χ0n) is 11.2. The second kappa shape index (κ2) is 5.51. The van der Waals surface area contributed by atoms with E-state index in [9.17, 15) is 4.79 Å². The van der Waals surface area contributed by atoms with Crippen LogP contribution in [0, 0.1) is 13.8 Å². The zero-order valence-corrected chi connectivity index (χ0v) is 11.2. The summed E-state index contributed by atoms with van der Waals surface area (Å²) in [6.45, 7) is 3.98. The van der Waals surface area contributed by atoms with E-state index in [1.165, 1.54) is 7.11 Å². The Labute approximate surface area is 111 Å². The van der Waals surface area contributed by atoms with Crippen LogP contribution >= 0.6 is 0 Å². The highest BCUT2D eigenvalue weighted by molar-refractivity contribution is 5.91. The Morgan fingerprint density at radius 1 is 1.37 bits per heavy atom. The molecule has 0 atom stereocenters. The van der Waals surface area contributed by atoms with Gasteiger partial charge in [0.2, 0.25) is 11.8 Å². The number of carbonyl (C=O) groups excluding carboxylic acids is 1. The molecule has 2 aromatic rings. The van der Waals surface area contributed by atoms with Crippen LogP contribution in [0.1, 0.15) is 11.1 Å². The molecule has 0 radical (unpaired) electrons. The third-order valence-electron chi connectivity index (χ3n) is 2.52. The molecule has 1 amide bonds. The van der Waals surface area contributed by atoms with Crippen molar-refractivity contribution in [2.45, 2.75) is 20.4 Å². The minimum atomic E-state index is -0.172. The summed E-state index contributed by atoms with van der Waals surface area (Å²) in [6, 6.07) is 1.82. The fourth-order valence-corrected chi connectivity index (χ4v) is 1.70. The first kappa shape index (κ1) is 13.1. The van der Waals surface area contributed by atoms with Gasteiger partial charge < -0.3 is 10.1 Å². The van der Waals surface area contributed by atoms with E-state index in [1.807, 2.05) is 26.1 Å². The number of aryl methyl sites for hydroxylation is 2. The highest BCUT2D eigenvalue weighted by atomic mass is 16.5. The molecule has 19 heavy (non-hydrogen) atoms. The smallest absolute Gasteiger partial charge is 0.246 e. The molecule has 100 valence electrons. The molecule has 2 heterocycles. The number of pyridine rings is 1. The molecule has 6 heteroatoms. The summed E-state index contributed by atoms with van der Waals surface area (Å²) in [5.41, 5.74) is 2.53. The second-order valence-electron chi connectivity index (χ2n) is 4.33. The molecule has 0 aliphatic carbocycles. The molecule has 0 bridgehead atoms. The third-order valence-corrected chi connectivity index (χ3v) is 2.52. The Bertz CT molecular complexity index is 592. The van der Waals surface area contributed by atoms with Gasteiger partial charge in [0, 0.05) is 12.4 Å². The van der Waals surface area contributed by atoms with Gasteiger partial charge in [0.1, 0.15) is 12.2 Å². The van der Waals surface area contributed by atoms with Crippen molar-refractivity contribution in [1.29, 1.82) is 0 Å². The predicted octanol–water partition coefficient (Wildman–Crippen LogP) is 1.54. The number of anilines is 1. The standard InChI is InChI=1S/C13H16N4O2/c1-9-4-11(13(19-3)14-5-9)16-12(18)8-17-7-10(2)6-15-17/h4-7H,8H2,1-3H3,(H,16,18). The molecule has 0 spiro atoms. The SMILES string of the molecule is COc1ncc(C)cc1NC(=O)Cn1cc(C)cn1. The fraction of sp³-hybridized carbons (Fsp3) is 0.308. The molecule has 2 rings (SSSR count). The van der Waals surface area contributed by atoms with Crippen molar-refractivity contribution in [2.75, 3.05) is 12.4 Å². The largest absolute Gasteiger partial charge is 0.480 e. The first-order valence-corrected chi connectivity index (χ1v) is 5.88. The van der Waals surface area contributed by atoms with E-state index < -0.39 is 0 Å². The first-order valence-electron chi connectivity index (χ1n) is 5.88. The molecule has 0 aliphatic heterocycles. The van der Waals surface area contributed by atoms with E-state index >= 15 is 0 Å². The van der Waals surface area contributed by atoms with Crippen molar-refractivity contribution in [3.8, 4) is 5.88 Å². The number of hydrogen-bond acceptors (Lipinski definition) is 4. The molecule has 6 nitrogen and oxygen atoms in total. The number of amides is 1. The van der Waals surface area contributed by atoms with Crippen molar-refractivity contribution in [3.63, 3.8) is 0 Å². The second-order valence-corrected chi connectivity index (χ2v) is 4.33. The zero-order chi connectivity index (χ0) is 13.8. The van der Waals surface area contributed by atoms with E-state index in [2.05, 4.69) is 15.4 Å². The van der Waals surface area contributed by atoms with Gasteiger partial charge in [-0.2, -0.15) is 5.10 Å². The van der Waals surface area contributed by atoms with Crippen LogP contribution in [0.15, 0.2) is 24.7 Å². The Morgan fingerprint density at radius 2 is 2.16 bits per heavy atom. The Morgan fingerprint density at radius 3 is 2.79 bits per heavy atom. The van der Waals surface area contributed by atoms with Crippen LogP contribution in [0.4, 0.5) is 5.69 Å². The van der Waals surface area contributed by atoms with E-state index in [1.54, 1.807) is 17.1 Å². The number of methoxy groups -OCH3 is 1. The summed E-state index contributed by atoms with van der Waals surface area (Å²) in [6.07, 6.45) is 5.21. The number of rotatable bonds is 4. The van der Waals surface area contributed by atoms with Gasteiger partial charge in [-0.05, 0) is 31.0 Å². The molecule has 0 saturated carbocycles. The van der Waals surface area contributed by atoms with E-state index in [4.69, 9.17) is 4.74 Å². The fourth-order valence-electron chi connectivity index (χ4n) is 1.70. The molecular weight excluding hydrogens is 244 g/mol. The van der Waals surface area contributed by atoms with Crippen LogP contribution in [0.5, 0.6) is 5.88 Å². The maximum Gasteiger partial charge on any atom is 0.246 e. The highest BCUT2D eigenvalue weighted by Gasteiger charge is 2.10. The number of hydrogen-bond donors (Lipinski definition) is 1. The van der Waals surface area contributed by atoms with Gasteiger partial charge in [-0.25, -0.2) is 4.98 Å². The number of nitrogens with one attached hydrogen (secondary N) is 1. The summed E-state index contributed by atoms with van der Waals surface area (Å²) in [4.78, 5) is 16.0. The first-order chi connectivity index (χ1) is 9.08. The van der Waals surface area contributed by atoms with Crippen molar-refractivity contribution in [1.82, 2.24) is 14.8 Å². The number of aromatic nitrogens is 3. The minimum absolute atomic E-state index is 0.158. The van der Waals surface area contributed by atoms with Crippen LogP contribution in [0.2, 0.25) is 0 Å². The summed E-state index contributed by atoms with van der Waals surface area (Å²) in [5, 5.41) is 6.84. The lowest BCUT2D eigenvalue weighted by Gasteiger charge is -2.09. The summed E-state index contributed by atoms with van der Waals surface area (Å²) in [5.74, 6) is 0.226. The molecule has 0 fully saturated rings. The topological polar surface area (TPSA) is 69.0 Å². The average molecular weight is 260 g/mol. The lowest BCUT2D eigenvalue weighted by molar-refractivity contribution is -0.116. The quantitative estimate of drug-likeness (QED) is 0.905. The Kier molecular flexibility index (Phi) is 3.79. The number of ether oxygens (including phenoxy) is 1. The predicted molar refractivity (Wildman–Crippen MR) is 71.1 cm³/mol. The molecule has 0 aromatic carbocycles. The third kappa shape index (κ3) is 3.31. The molecule has 0 aliphatic rings. The summed E-state index contributed by atoms with van der Waals surface area (Å²) in [7, 11) is 1.52. The highest BCUT2D eigenvalue weighted by Crippen LogP contribution is 2.21. The van der Waals surface area contributed by atoms with Gasteiger partial charge in [0.05, 0.1) is 13.3 Å². The maximum absolute atomic E-state index is 11.9. The van der Waals surface area contributed by atoms with Crippen molar-refractivity contribution < 1.29 is 9.53 Å². The molecular formula is C13H16N4O2. The summed E-state index contributed by atoms with van der Waals surface area (Å²) >= 11 is 0. The Hall–Kier alpha value is -2.37. The van der Waals surface area contributed by atoms with Gasteiger partial charge >= 0.3 is 0 Å². The van der Waals surface area contributed by atoms with Crippen molar-refractivity contribution in [3.05, 3.63) is 35.8 Å². The molecule has 1 N–H and O–H groups in total. The molecule has 2 aromatic heterocycles. The molecule has 0 unspecified atom stereocenters. The van der Waals surface area contributed by atoms with Crippen molar-refractivity contribution in [2.24, 2.45) is 0 Å². The van der Waals surface area contributed by atoms with E-state index in [0.29, 0.717) is 11.6 Å². The number of nitrogens with zero attached hydrogens (tertiary/aromatic N) is 3. The lowest BCUT2D eigenvalue weighted by Crippen LogP contribution is -2.19. The van der Waals surface area contributed by atoms with Gasteiger partial charge in [0.15, 0.2) is 0 Å². The van der Waals surface area contributed by atoms with E-state index in [-0.39, 0.29) is 12.5 Å². The van der Waals surface area contributed by atoms with Crippen LogP contribution in [-0.2, 0) is 11.3 Å². The number of carbonyl (C=O) groups is 1. The van der Waals surface area contributed by atoms with Crippen molar-refractivity contribution >= 4 is 11.6 Å². The van der Waals surface area contributed by atoms with Crippen LogP contribution in [0.25, 0.3) is 0 Å². The average Bonchev–Trinajstić information content (AvgIpc) is 2.75. The Balaban J connectivity index is 2.08. The summed E-state index contributed by atoms with van der Waals surface area (Å²) < 4.78 is 6.69.